The lowest BCUT2D eigenvalue weighted by molar-refractivity contribution is -0.144. The first-order chi connectivity index (χ1) is 13.3. The van der Waals surface area contributed by atoms with Gasteiger partial charge in [-0.25, -0.2) is 0 Å². The second-order valence-corrected chi connectivity index (χ2v) is 7.00. The Bertz CT molecular complexity index is 596. The fourth-order valence-corrected chi connectivity index (χ4v) is 2.58. The summed E-state index contributed by atoms with van der Waals surface area (Å²) in [6.07, 6.45) is 13.8. The first kappa shape index (κ1) is 25.6. The van der Waals surface area contributed by atoms with Crippen molar-refractivity contribution in [3.05, 3.63) is 60.9 Å². The topological polar surface area (TPSA) is 63.6 Å². The van der Waals surface area contributed by atoms with Crippen LogP contribution in [-0.4, -0.2) is 17.0 Å². The smallest absolute Gasteiger partial charge is 0.311 e. The zero-order valence-electron chi connectivity index (χ0n) is 17.4. The average molecular weight is 389 g/mol. The van der Waals surface area contributed by atoms with Gasteiger partial charge < -0.3 is 9.84 Å². The molecule has 0 aliphatic carbocycles. The Labute approximate surface area is 170 Å². The summed E-state index contributed by atoms with van der Waals surface area (Å²) in [5.74, 6) is -1.53. The highest BCUT2D eigenvalue weighted by molar-refractivity contribution is 5.77. The van der Waals surface area contributed by atoms with Gasteiger partial charge in [0.2, 0.25) is 0 Å². The third-order valence-electron chi connectivity index (χ3n) is 4.40. The van der Waals surface area contributed by atoms with E-state index in [4.69, 9.17) is 9.84 Å². The molecule has 0 aliphatic heterocycles. The summed E-state index contributed by atoms with van der Waals surface area (Å²) in [7, 11) is 0. The number of unbranched alkanes of at least 4 members (excludes halogenated alkanes) is 7. The van der Waals surface area contributed by atoms with Gasteiger partial charge in [0, 0.05) is 0 Å². The van der Waals surface area contributed by atoms with Crippen molar-refractivity contribution in [1.82, 2.24) is 0 Å². The Kier molecular flexibility index (Phi) is 14.4. The number of allylic oxidation sites excluding steroid dienone is 5. The predicted octanol–water partition coefficient (Wildman–Crippen LogP) is 6.66. The van der Waals surface area contributed by atoms with Gasteiger partial charge in [-0.2, -0.15) is 0 Å². The van der Waals surface area contributed by atoms with E-state index in [0.29, 0.717) is 5.57 Å². The second-order valence-electron chi connectivity index (χ2n) is 7.00. The zero-order valence-corrected chi connectivity index (χ0v) is 17.4. The van der Waals surface area contributed by atoms with Crippen molar-refractivity contribution in [2.24, 2.45) is 0 Å². The van der Waals surface area contributed by atoms with Crippen LogP contribution in [0.15, 0.2) is 60.9 Å². The summed E-state index contributed by atoms with van der Waals surface area (Å²) in [4.78, 5) is 21.9. The van der Waals surface area contributed by atoms with E-state index in [1.165, 1.54) is 51.0 Å². The molecular weight excluding hydrogens is 352 g/mol. The van der Waals surface area contributed by atoms with Crippen molar-refractivity contribution in [1.29, 1.82) is 0 Å². The van der Waals surface area contributed by atoms with Gasteiger partial charge in [0.05, 0.1) is 12.8 Å². The highest BCUT2D eigenvalue weighted by Crippen LogP contribution is 2.22. The van der Waals surface area contributed by atoms with Crippen molar-refractivity contribution < 1.29 is 19.4 Å². The monoisotopic (exact) mass is 388 g/mol. The van der Waals surface area contributed by atoms with Crippen LogP contribution >= 0.6 is 0 Å². The standard InChI is InChI=1S/C24H36O4/c1-6-7-8-9-10-11-12-13-14-19(2)22(5)20(3)15-16-21(4)28-24(27)18-17-23(25)26/h15-16H,2-14,17-18H2,1H3,(H,25,26). The molecule has 0 amide bonds. The molecule has 4 heteroatoms. The van der Waals surface area contributed by atoms with Crippen LogP contribution in [0.4, 0.5) is 0 Å². The lowest BCUT2D eigenvalue weighted by atomic mass is 9.96. The molecule has 0 rings (SSSR count). The second kappa shape index (κ2) is 15.7. The maximum atomic E-state index is 11.5. The van der Waals surface area contributed by atoms with E-state index >= 15 is 0 Å². The molecule has 1 N–H and O–H groups in total. The highest BCUT2D eigenvalue weighted by atomic mass is 16.5. The summed E-state index contributed by atoms with van der Waals surface area (Å²) in [5.41, 5.74) is 2.43. The number of esters is 1. The largest absolute Gasteiger partial charge is 0.481 e. The minimum atomic E-state index is -1.04. The van der Waals surface area contributed by atoms with E-state index < -0.39 is 11.9 Å². The minimum absolute atomic E-state index is 0.137. The zero-order chi connectivity index (χ0) is 21.4. The molecule has 0 saturated carbocycles. The van der Waals surface area contributed by atoms with Crippen LogP contribution in [-0.2, 0) is 14.3 Å². The molecule has 0 spiro atoms. The fourth-order valence-electron chi connectivity index (χ4n) is 2.58. The molecule has 4 nitrogen and oxygen atoms in total. The van der Waals surface area contributed by atoms with Crippen LogP contribution in [0.1, 0.15) is 77.6 Å². The molecule has 0 aliphatic rings. The maximum Gasteiger partial charge on any atom is 0.311 e. The summed E-state index contributed by atoms with van der Waals surface area (Å²) in [6.45, 7) is 17.9. The van der Waals surface area contributed by atoms with Crippen LogP contribution in [0, 0.1) is 0 Å². The lowest BCUT2D eigenvalue weighted by Crippen LogP contribution is -2.06. The predicted molar refractivity (Wildman–Crippen MR) is 116 cm³/mol. The van der Waals surface area contributed by atoms with Gasteiger partial charge in [0.15, 0.2) is 0 Å². The van der Waals surface area contributed by atoms with Crippen molar-refractivity contribution >= 4 is 11.9 Å². The third-order valence-corrected chi connectivity index (χ3v) is 4.40. The van der Waals surface area contributed by atoms with Gasteiger partial charge in [-0.05, 0) is 35.6 Å². The van der Waals surface area contributed by atoms with Gasteiger partial charge in [-0.3, -0.25) is 9.59 Å². The molecule has 0 atom stereocenters. The molecular formula is C24H36O4. The highest BCUT2D eigenvalue weighted by Gasteiger charge is 2.08. The summed E-state index contributed by atoms with van der Waals surface area (Å²) in [6, 6.07) is 0. The van der Waals surface area contributed by atoms with Crippen LogP contribution in [0.2, 0.25) is 0 Å². The molecule has 0 unspecified atom stereocenters. The van der Waals surface area contributed by atoms with Crippen LogP contribution < -0.4 is 0 Å². The van der Waals surface area contributed by atoms with E-state index in [1.54, 1.807) is 6.08 Å². The Balaban J connectivity index is 4.08. The van der Waals surface area contributed by atoms with Crippen molar-refractivity contribution in [2.45, 2.75) is 77.6 Å². The molecule has 0 heterocycles. The van der Waals surface area contributed by atoms with Gasteiger partial charge in [-0.15, -0.1) is 0 Å². The molecule has 0 bridgehead atoms. The Morgan fingerprint density at radius 2 is 1.39 bits per heavy atom. The molecule has 156 valence electrons. The summed E-state index contributed by atoms with van der Waals surface area (Å²) < 4.78 is 4.94. The number of carbonyl (C=O) groups is 2. The van der Waals surface area contributed by atoms with Crippen LogP contribution in [0.5, 0.6) is 0 Å². The van der Waals surface area contributed by atoms with Gasteiger partial charge >= 0.3 is 11.9 Å². The number of rotatable bonds is 17. The molecule has 0 aromatic rings. The van der Waals surface area contributed by atoms with E-state index in [1.807, 2.05) is 0 Å². The first-order valence-corrected chi connectivity index (χ1v) is 10.1. The molecule has 28 heavy (non-hydrogen) atoms. The third kappa shape index (κ3) is 13.8. The molecule has 0 aromatic carbocycles. The Hall–Kier alpha value is -2.36. The fraction of sp³-hybridized carbons (Fsp3) is 0.500. The van der Waals surface area contributed by atoms with E-state index in [-0.39, 0.29) is 18.6 Å². The number of aliphatic carboxylic acids is 1. The number of hydrogen-bond acceptors (Lipinski definition) is 3. The van der Waals surface area contributed by atoms with Crippen LogP contribution in [0.25, 0.3) is 0 Å². The number of carbonyl (C=O) groups excluding carboxylic acids is 1. The molecule has 0 aromatic heterocycles. The van der Waals surface area contributed by atoms with E-state index in [9.17, 15) is 9.59 Å². The molecule has 0 saturated heterocycles. The van der Waals surface area contributed by atoms with E-state index in [2.05, 4.69) is 33.2 Å². The SMILES string of the molecule is C=C(C=CC(=C)C(=C)C(=C)CCCCCCCCCC)OC(=O)CCC(=O)O. The lowest BCUT2D eigenvalue weighted by Gasteiger charge is -2.10. The number of hydrogen-bond donors (Lipinski definition) is 1. The Morgan fingerprint density at radius 1 is 0.821 bits per heavy atom. The first-order valence-electron chi connectivity index (χ1n) is 10.1. The van der Waals surface area contributed by atoms with Gasteiger partial charge in [0.25, 0.3) is 0 Å². The number of carboxylic acid groups (broad SMARTS) is 1. The Morgan fingerprint density at radius 3 is 1.96 bits per heavy atom. The quantitative estimate of drug-likeness (QED) is 0.131. The number of carboxylic acids is 1. The molecule has 0 radical (unpaired) electrons. The maximum absolute atomic E-state index is 11.5. The average Bonchev–Trinajstić information content (AvgIpc) is 2.65. The number of ether oxygens (including phenoxy) is 1. The van der Waals surface area contributed by atoms with Crippen molar-refractivity contribution in [3.8, 4) is 0 Å². The van der Waals surface area contributed by atoms with Crippen LogP contribution in [0.3, 0.4) is 0 Å². The van der Waals surface area contributed by atoms with Crippen molar-refractivity contribution in [2.75, 3.05) is 0 Å². The normalized spacial score (nSPS) is 10.6. The van der Waals surface area contributed by atoms with Gasteiger partial charge in [-0.1, -0.05) is 84.3 Å². The van der Waals surface area contributed by atoms with E-state index in [0.717, 1.165) is 24.0 Å². The minimum Gasteiger partial charge on any atom is -0.481 e. The summed E-state index contributed by atoms with van der Waals surface area (Å²) >= 11 is 0. The molecule has 0 fully saturated rings. The summed E-state index contributed by atoms with van der Waals surface area (Å²) in [5, 5.41) is 8.55. The van der Waals surface area contributed by atoms with Crippen molar-refractivity contribution in [3.63, 3.8) is 0 Å². The van der Waals surface area contributed by atoms with Gasteiger partial charge in [0.1, 0.15) is 5.76 Å².